The maximum Gasteiger partial charge on any atom is 0.224 e. The molecule has 7 heteroatoms. The first-order chi connectivity index (χ1) is 11.5. The highest BCUT2D eigenvalue weighted by atomic mass is 19.1. The molecule has 2 heterocycles. The Morgan fingerprint density at radius 2 is 2.29 bits per heavy atom. The zero-order valence-corrected chi connectivity index (χ0v) is 13.3. The summed E-state index contributed by atoms with van der Waals surface area (Å²) >= 11 is 0. The number of aromatic nitrogens is 2. The molecular weight excluding hydrogens is 316 g/mol. The SMILES string of the molecule is Cn1cc([C@@H]2OCC[C@H]2CNC(=O)Cc2cc(F)ccc2F)cn1. The van der Waals surface area contributed by atoms with Crippen molar-refractivity contribution in [2.75, 3.05) is 13.2 Å². The van der Waals surface area contributed by atoms with E-state index in [-0.39, 0.29) is 29.9 Å². The predicted octanol–water partition coefficient (Wildman–Crippen LogP) is 2.13. The van der Waals surface area contributed by atoms with Crippen molar-refractivity contribution in [3.63, 3.8) is 0 Å². The second-order valence-corrected chi connectivity index (χ2v) is 6.00. The third-order valence-corrected chi connectivity index (χ3v) is 4.19. The molecule has 5 nitrogen and oxygen atoms in total. The number of hydrogen-bond acceptors (Lipinski definition) is 3. The van der Waals surface area contributed by atoms with E-state index in [9.17, 15) is 13.6 Å². The number of aryl methyl sites for hydroxylation is 1. The van der Waals surface area contributed by atoms with Crippen LogP contribution in [0.15, 0.2) is 30.6 Å². The van der Waals surface area contributed by atoms with Gasteiger partial charge in [-0.15, -0.1) is 0 Å². The zero-order chi connectivity index (χ0) is 17.1. The van der Waals surface area contributed by atoms with Crippen LogP contribution < -0.4 is 5.32 Å². The Kier molecular flexibility index (Phi) is 4.89. The van der Waals surface area contributed by atoms with E-state index in [1.807, 2.05) is 13.2 Å². The predicted molar refractivity (Wildman–Crippen MR) is 83.1 cm³/mol. The Morgan fingerprint density at radius 1 is 1.46 bits per heavy atom. The molecule has 1 aliphatic heterocycles. The van der Waals surface area contributed by atoms with Gasteiger partial charge >= 0.3 is 0 Å². The fraction of sp³-hybridized carbons (Fsp3) is 0.412. The Bertz CT molecular complexity index is 732. The van der Waals surface area contributed by atoms with Crippen molar-refractivity contribution in [2.24, 2.45) is 13.0 Å². The summed E-state index contributed by atoms with van der Waals surface area (Å²) < 4.78 is 34.2. The highest BCUT2D eigenvalue weighted by Gasteiger charge is 2.30. The largest absolute Gasteiger partial charge is 0.373 e. The fourth-order valence-corrected chi connectivity index (χ4v) is 2.96. The topological polar surface area (TPSA) is 56.1 Å². The molecule has 24 heavy (non-hydrogen) atoms. The molecule has 1 amide bonds. The van der Waals surface area contributed by atoms with E-state index in [0.717, 1.165) is 30.2 Å². The molecule has 1 aromatic heterocycles. The summed E-state index contributed by atoms with van der Waals surface area (Å²) in [4.78, 5) is 12.0. The summed E-state index contributed by atoms with van der Waals surface area (Å²) in [5.41, 5.74) is 1.03. The molecule has 0 spiro atoms. The Morgan fingerprint density at radius 3 is 3.04 bits per heavy atom. The van der Waals surface area contributed by atoms with Gasteiger partial charge in [0.25, 0.3) is 0 Å². The Hall–Kier alpha value is -2.28. The van der Waals surface area contributed by atoms with E-state index in [4.69, 9.17) is 4.74 Å². The van der Waals surface area contributed by atoms with Crippen LogP contribution in [-0.2, 0) is 23.0 Å². The molecule has 1 saturated heterocycles. The first kappa shape index (κ1) is 16.6. The fourth-order valence-electron chi connectivity index (χ4n) is 2.96. The number of halogens is 2. The van der Waals surface area contributed by atoms with E-state index in [1.165, 1.54) is 0 Å². The van der Waals surface area contributed by atoms with Crippen LogP contribution in [0.1, 0.15) is 23.7 Å². The highest BCUT2D eigenvalue weighted by molar-refractivity contribution is 5.78. The van der Waals surface area contributed by atoms with E-state index >= 15 is 0 Å². The van der Waals surface area contributed by atoms with Gasteiger partial charge in [0.05, 0.1) is 18.7 Å². The van der Waals surface area contributed by atoms with Crippen LogP contribution in [0.3, 0.4) is 0 Å². The zero-order valence-electron chi connectivity index (χ0n) is 13.3. The molecule has 2 atom stereocenters. The average Bonchev–Trinajstić information content (AvgIpc) is 3.17. The van der Waals surface area contributed by atoms with Gasteiger partial charge in [0.15, 0.2) is 0 Å². The van der Waals surface area contributed by atoms with Crippen LogP contribution >= 0.6 is 0 Å². The van der Waals surface area contributed by atoms with Gasteiger partial charge in [0.1, 0.15) is 11.6 Å². The molecule has 0 saturated carbocycles. The Balaban J connectivity index is 1.56. The minimum Gasteiger partial charge on any atom is -0.373 e. The van der Waals surface area contributed by atoms with Crippen molar-refractivity contribution < 1.29 is 18.3 Å². The number of hydrogen-bond donors (Lipinski definition) is 1. The summed E-state index contributed by atoms with van der Waals surface area (Å²) in [7, 11) is 1.84. The minimum atomic E-state index is -0.580. The van der Waals surface area contributed by atoms with Crippen molar-refractivity contribution in [1.29, 1.82) is 0 Å². The van der Waals surface area contributed by atoms with Crippen LogP contribution in [-0.4, -0.2) is 28.8 Å². The van der Waals surface area contributed by atoms with Gasteiger partial charge in [-0.1, -0.05) is 0 Å². The smallest absolute Gasteiger partial charge is 0.224 e. The molecule has 0 unspecified atom stereocenters. The van der Waals surface area contributed by atoms with Crippen molar-refractivity contribution in [3.8, 4) is 0 Å². The number of carbonyl (C=O) groups is 1. The molecule has 0 radical (unpaired) electrons. The van der Waals surface area contributed by atoms with Gasteiger partial charge in [-0.3, -0.25) is 9.48 Å². The number of amides is 1. The quantitative estimate of drug-likeness (QED) is 0.911. The molecule has 0 bridgehead atoms. The second-order valence-electron chi connectivity index (χ2n) is 6.00. The van der Waals surface area contributed by atoms with Gasteiger partial charge < -0.3 is 10.1 Å². The number of carbonyl (C=O) groups excluding carboxylic acids is 1. The molecule has 1 aliphatic rings. The molecule has 1 N–H and O–H groups in total. The maximum atomic E-state index is 13.6. The molecule has 2 aromatic rings. The van der Waals surface area contributed by atoms with Crippen LogP contribution in [0, 0.1) is 17.6 Å². The molecule has 1 aromatic carbocycles. The Labute approximate surface area is 138 Å². The highest BCUT2D eigenvalue weighted by Crippen LogP contribution is 2.33. The summed E-state index contributed by atoms with van der Waals surface area (Å²) in [6.07, 6.45) is 4.19. The molecule has 3 rings (SSSR count). The average molecular weight is 335 g/mol. The lowest BCUT2D eigenvalue weighted by Gasteiger charge is -2.17. The van der Waals surface area contributed by atoms with Gasteiger partial charge in [0, 0.05) is 43.4 Å². The number of benzene rings is 1. The maximum absolute atomic E-state index is 13.6. The third kappa shape index (κ3) is 3.79. The van der Waals surface area contributed by atoms with E-state index < -0.39 is 11.6 Å². The van der Waals surface area contributed by atoms with Crippen molar-refractivity contribution >= 4 is 5.91 Å². The van der Waals surface area contributed by atoms with E-state index in [1.54, 1.807) is 10.9 Å². The van der Waals surface area contributed by atoms with E-state index in [0.29, 0.717) is 13.2 Å². The number of nitrogens with zero attached hydrogens (tertiary/aromatic N) is 2. The lowest BCUT2D eigenvalue weighted by Crippen LogP contribution is -2.31. The van der Waals surface area contributed by atoms with Crippen LogP contribution in [0.4, 0.5) is 8.78 Å². The lowest BCUT2D eigenvalue weighted by atomic mass is 9.97. The standard InChI is InChI=1S/C17H19F2N3O2/c1-22-10-13(9-21-22)17-11(4-5-24-17)8-20-16(23)7-12-6-14(18)2-3-15(12)19/h2-3,6,9-11,17H,4-5,7-8H2,1H3,(H,20,23)/t11-,17+/m0/s1. The normalized spacial score (nSPS) is 20.3. The van der Waals surface area contributed by atoms with Crippen molar-refractivity contribution in [3.05, 3.63) is 53.4 Å². The summed E-state index contributed by atoms with van der Waals surface area (Å²) in [6.45, 7) is 1.05. The van der Waals surface area contributed by atoms with Crippen LogP contribution in [0.5, 0.6) is 0 Å². The van der Waals surface area contributed by atoms with Gasteiger partial charge in [-0.2, -0.15) is 5.10 Å². The molecule has 1 fully saturated rings. The monoisotopic (exact) mass is 335 g/mol. The molecule has 128 valence electrons. The number of rotatable bonds is 5. The first-order valence-electron chi connectivity index (χ1n) is 7.83. The van der Waals surface area contributed by atoms with Gasteiger partial charge in [-0.25, -0.2) is 8.78 Å². The molecule has 0 aliphatic carbocycles. The van der Waals surface area contributed by atoms with Crippen LogP contribution in [0.25, 0.3) is 0 Å². The lowest BCUT2D eigenvalue weighted by molar-refractivity contribution is -0.120. The van der Waals surface area contributed by atoms with Crippen LogP contribution in [0.2, 0.25) is 0 Å². The van der Waals surface area contributed by atoms with Gasteiger partial charge in [-0.05, 0) is 24.6 Å². The summed E-state index contributed by atoms with van der Waals surface area (Å²) in [6, 6.07) is 3.11. The van der Waals surface area contributed by atoms with Gasteiger partial charge in [0.2, 0.25) is 5.91 Å². The van der Waals surface area contributed by atoms with Crippen molar-refractivity contribution in [1.82, 2.24) is 15.1 Å². The summed E-state index contributed by atoms with van der Waals surface area (Å²) in [5, 5.41) is 6.93. The summed E-state index contributed by atoms with van der Waals surface area (Å²) in [5.74, 6) is -1.34. The van der Waals surface area contributed by atoms with E-state index in [2.05, 4.69) is 10.4 Å². The minimum absolute atomic E-state index is 0.0546. The number of ether oxygens (including phenoxy) is 1. The van der Waals surface area contributed by atoms with Crippen molar-refractivity contribution in [2.45, 2.75) is 18.9 Å². The first-order valence-corrected chi connectivity index (χ1v) is 7.83. The second kappa shape index (κ2) is 7.09. The molecular formula is C17H19F2N3O2. The third-order valence-electron chi connectivity index (χ3n) is 4.19. The number of nitrogens with one attached hydrogen (secondary N) is 1.